The highest BCUT2D eigenvalue weighted by Gasteiger charge is 2.60. The monoisotopic (exact) mass is 721 g/mol. The molecule has 51 heavy (non-hydrogen) atoms. The Morgan fingerprint density at radius 2 is 1.63 bits per heavy atom. The van der Waals surface area contributed by atoms with Crippen LogP contribution in [0.1, 0.15) is 34.7 Å². The predicted octanol–water partition coefficient (Wildman–Crippen LogP) is 5.40. The first kappa shape index (κ1) is 36.8. The molecule has 0 spiro atoms. The molecule has 0 saturated carbocycles. The molecule has 0 radical (unpaired) electrons. The summed E-state index contributed by atoms with van der Waals surface area (Å²) in [6.45, 7) is 7.92. The van der Waals surface area contributed by atoms with Crippen molar-refractivity contribution in [1.29, 1.82) is 5.26 Å². The average Bonchev–Trinajstić information content (AvgIpc) is 3.37. The third-order valence-corrected chi connectivity index (χ3v) is 10.5. The van der Waals surface area contributed by atoms with Crippen LogP contribution in [-0.2, 0) is 25.2 Å². The number of ether oxygens (including phenoxy) is 1. The fourth-order valence-corrected chi connectivity index (χ4v) is 8.18. The number of alkyl halides is 3. The van der Waals surface area contributed by atoms with E-state index in [0.29, 0.717) is 60.8 Å². The molecule has 0 bridgehead atoms. The van der Waals surface area contributed by atoms with Crippen LogP contribution >= 0.6 is 0 Å². The van der Waals surface area contributed by atoms with Crippen LogP contribution in [0.2, 0.25) is 0 Å². The largest absolute Gasteiger partial charge is 0.493 e. The maximum atomic E-state index is 15.2. The van der Waals surface area contributed by atoms with E-state index >= 15 is 4.79 Å². The molecule has 1 amide bonds. The van der Waals surface area contributed by atoms with Crippen molar-refractivity contribution < 1.29 is 41.0 Å². The van der Waals surface area contributed by atoms with Crippen molar-refractivity contribution in [2.24, 2.45) is 0 Å². The van der Waals surface area contributed by atoms with Gasteiger partial charge in [0.05, 0.1) is 28.8 Å². The number of aliphatic carboxylic acids is 1. The molecule has 0 aliphatic carbocycles. The molecule has 1 unspecified atom stereocenters. The van der Waals surface area contributed by atoms with E-state index in [9.17, 15) is 26.9 Å². The Morgan fingerprint density at radius 1 is 0.980 bits per heavy atom. The van der Waals surface area contributed by atoms with E-state index < -0.39 is 33.6 Å². The summed E-state index contributed by atoms with van der Waals surface area (Å²) in [6, 6.07) is 23.2. The van der Waals surface area contributed by atoms with Crippen LogP contribution in [0.4, 0.5) is 24.5 Å². The first-order valence-corrected chi connectivity index (χ1v) is 17.3. The molecule has 11 nitrogen and oxygen atoms in total. The van der Waals surface area contributed by atoms with Gasteiger partial charge in [0, 0.05) is 55.4 Å². The molecule has 4 aromatic rings. The number of carboxylic acids is 1. The maximum absolute atomic E-state index is 15.2. The highest BCUT2D eigenvalue weighted by molar-refractivity contribution is 7.93. The van der Waals surface area contributed by atoms with Crippen molar-refractivity contribution >= 4 is 33.3 Å². The van der Waals surface area contributed by atoms with Crippen LogP contribution < -0.4 is 13.9 Å². The number of aromatic nitrogens is 1. The summed E-state index contributed by atoms with van der Waals surface area (Å²) < 4.78 is 67.8. The number of anilines is 2. The van der Waals surface area contributed by atoms with Crippen LogP contribution in [0.25, 0.3) is 0 Å². The van der Waals surface area contributed by atoms with Crippen molar-refractivity contribution in [3.8, 4) is 11.8 Å². The topological polar surface area (TPSA) is 144 Å². The summed E-state index contributed by atoms with van der Waals surface area (Å²) in [4.78, 5) is 32.6. The smallest absolute Gasteiger partial charge is 0.490 e. The van der Waals surface area contributed by atoms with Gasteiger partial charge in [0.2, 0.25) is 0 Å². The molecular formula is C36H34F3N5O6S. The zero-order valence-electron chi connectivity index (χ0n) is 27.9. The lowest BCUT2D eigenvalue weighted by Gasteiger charge is -2.46. The number of sulfonamides is 1. The zero-order valence-corrected chi connectivity index (χ0v) is 28.7. The van der Waals surface area contributed by atoms with Gasteiger partial charge in [-0.15, -0.1) is 0 Å². The minimum atomic E-state index is -5.08. The van der Waals surface area contributed by atoms with Gasteiger partial charge in [-0.25, -0.2) is 17.5 Å². The van der Waals surface area contributed by atoms with Crippen LogP contribution in [0, 0.1) is 25.2 Å². The predicted molar refractivity (Wildman–Crippen MR) is 182 cm³/mol. The SMILES string of the molecule is CCOc1ccccc1C1(N2CCN(c3ccncc3)CC2)C(=O)N(S(=O)(=O)c2ccc(C)cc2C)c2ccc(C#N)cc21.O=C(O)C(F)(F)F. The van der Waals surface area contributed by atoms with Gasteiger partial charge in [-0.2, -0.15) is 18.4 Å². The molecule has 1 aromatic heterocycles. The molecule has 2 aliphatic heterocycles. The number of aryl methyl sites for hydroxylation is 2. The minimum absolute atomic E-state index is 0.0585. The van der Waals surface area contributed by atoms with E-state index in [1.54, 1.807) is 61.8 Å². The standard InChI is InChI=1S/C34H33N5O4S.C2HF3O2/c1-4-43-31-8-6-5-7-28(31)34(38-19-17-37(18-20-38)27-13-15-36-16-14-27)29-22-26(23-35)10-11-30(29)39(33(34)40)44(41,42)32-12-9-24(2)21-25(32)3;3-2(4,5)1(6)7/h5-16,21-22H,4,17-20H2,1-3H3;(H,6,7). The molecule has 1 N–H and O–H groups in total. The van der Waals surface area contributed by atoms with Gasteiger partial charge in [-0.3, -0.25) is 14.7 Å². The van der Waals surface area contributed by atoms with Gasteiger partial charge in [0.15, 0.2) is 5.54 Å². The summed E-state index contributed by atoms with van der Waals surface area (Å²) in [5.74, 6) is -2.89. The number of benzene rings is 3. The summed E-state index contributed by atoms with van der Waals surface area (Å²) >= 11 is 0. The molecule has 1 atom stereocenters. The second kappa shape index (κ2) is 14.4. The number of hydrogen-bond acceptors (Lipinski definition) is 9. The second-order valence-corrected chi connectivity index (χ2v) is 13.6. The van der Waals surface area contributed by atoms with E-state index in [-0.39, 0.29) is 10.6 Å². The van der Waals surface area contributed by atoms with Gasteiger partial charge in [-0.05, 0) is 68.8 Å². The Labute approximate surface area is 293 Å². The molecular weight excluding hydrogens is 687 g/mol. The molecule has 6 rings (SSSR count). The van der Waals surface area contributed by atoms with Crippen molar-refractivity contribution in [2.75, 3.05) is 42.0 Å². The molecule has 1 fully saturated rings. The molecule has 3 aromatic carbocycles. The van der Waals surface area contributed by atoms with E-state index in [2.05, 4.69) is 16.0 Å². The Kier molecular flexibility index (Phi) is 10.4. The summed E-state index contributed by atoms with van der Waals surface area (Å²) in [7, 11) is -4.35. The molecule has 266 valence electrons. The fraction of sp³-hybridized carbons (Fsp3) is 0.278. The normalized spacial score (nSPS) is 17.6. The number of para-hydroxylation sites is 1. The Morgan fingerprint density at radius 3 is 2.22 bits per heavy atom. The number of rotatable bonds is 7. The van der Waals surface area contributed by atoms with Crippen molar-refractivity contribution in [3.63, 3.8) is 0 Å². The molecule has 3 heterocycles. The van der Waals surface area contributed by atoms with E-state index in [1.807, 2.05) is 49.1 Å². The van der Waals surface area contributed by atoms with Crippen molar-refractivity contribution in [2.45, 2.75) is 37.4 Å². The number of halogens is 3. The van der Waals surface area contributed by atoms with E-state index in [4.69, 9.17) is 14.6 Å². The van der Waals surface area contributed by atoms with Crippen molar-refractivity contribution in [1.82, 2.24) is 9.88 Å². The zero-order chi connectivity index (χ0) is 37.1. The second-order valence-electron chi connectivity index (χ2n) is 11.8. The average molecular weight is 722 g/mol. The Balaban J connectivity index is 0.000000654. The van der Waals surface area contributed by atoms with Gasteiger partial charge in [0.1, 0.15) is 5.75 Å². The number of piperazine rings is 1. The Hall–Kier alpha value is -5.46. The minimum Gasteiger partial charge on any atom is -0.493 e. The highest BCUT2D eigenvalue weighted by atomic mass is 32.2. The third kappa shape index (κ3) is 6.84. The van der Waals surface area contributed by atoms with Crippen LogP contribution in [-0.4, -0.2) is 74.2 Å². The number of nitrogens with zero attached hydrogens (tertiary/aromatic N) is 5. The maximum Gasteiger partial charge on any atom is 0.490 e. The first-order chi connectivity index (χ1) is 24.2. The summed E-state index contributed by atoms with van der Waals surface area (Å²) in [5.41, 5.74) is 2.47. The fourth-order valence-electron chi connectivity index (χ4n) is 6.51. The van der Waals surface area contributed by atoms with E-state index in [1.165, 1.54) is 0 Å². The molecule has 2 aliphatic rings. The van der Waals surface area contributed by atoms with Gasteiger partial charge in [0.25, 0.3) is 15.9 Å². The van der Waals surface area contributed by atoms with Crippen LogP contribution in [0.5, 0.6) is 5.75 Å². The summed E-state index contributed by atoms with van der Waals surface area (Å²) in [5, 5.41) is 17.1. The molecule has 1 saturated heterocycles. The van der Waals surface area contributed by atoms with Gasteiger partial charge < -0.3 is 14.7 Å². The quantitative estimate of drug-likeness (QED) is 0.263. The third-order valence-electron chi connectivity index (χ3n) is 8.68. The first-order valence-electron chi connectivity index (χ1n) is 15.8. The Bertz CT molecular complexity index is 2100. The lowest BCUT2D eigenvalue weighted by Crippen LogP contribution is -2.60. The van der Waals surface area contributed by atoms with Gasteiger partial charge in [-0.1, -0.05) is 35.9 Å². The molecule has 15 heteroatoms. The van der Waals surface area contributed by atoms with Crippen LogP contribution in [0.3, 0.4) is 0 Å². The highest BCUT2D eigenvalue weighted by Crippen LogP contribution is 2.53. The number of carboxylic acid groups (broad SMARTS) is 1. The number of hydrogen-bond donors (Lipinski definition) is 1. The number of amides is 1. The van der Waals surface area contributed by atoms with Crippen LogP contribution in [0.15, 0.2) is 90.1 Å². The number of pyridine rings is 1. The van der Waals surface area contributed by atoms with E-state index in [0.717, 1.165) is 15.6 Å². The number of fused-ring (bicyclic) bond motifs is 1. The number of carbonyl (C=O) groups excluding carboxylic acids is 1. The summed E-state index contributed by atoms with van der Waals surface area (Å²) in [6.07, 6.45) is -1.59. The number of nitriles is 1. The lowest BCUT2D eigenvalue weighted by atomic mass is 9.80. The lowest BCUT2D eigenvalue weighted by molar-refractivity contribution is -0.192. The van der Waals surface area contributed by atoms with Crippen molar-refractivity contribution in [3.05, 3.63) is 113 Å². The number of carbonyl (C=O) groups is 2. The van der Waals surface area contributed by atoms with Gasteiger partial charge >= 0.3 is 12.1 Å².